The topological polar surface area (TPSA) is 87.7 Å². The van der Waals surface area contributed by atoms with Crippen LogP contribution in [0.5, 0.6) is 0 Å². The number of amides is 3. The molecule has 2 heterocycles. The van der Waals surface area contributed by atoms with Crippen molar-refractivity contribution in [3.05, 3.63) is 0 Å². The molecular weight excluding hydrogens is 250 g/mol. The summed E-state index contributed by atoms with van der Waals surface area (Å²) in [5.74, 6) is -1.47. The van der Waals surface area contributed by atoms with E-state index in [1.807, 2.05) is 0 Å². The lowest BCUT2D eigenvalue weighted by Gasteiger charge is -2.41. The van der Waals surface area contributed by atoms with Crippen molar-refractivity contribution in [2.24, 2.45) is 5.92 Å². The van der Waals surface area contributed by atoms with E-state index in [0.717, 1.165) is 0 Å². The Labute approximate surface area is 111 Å². The Kier molecular flexibility index (Phi) is 3.60. The van der Waals surface area contributed by atoms with Gasteiger partial charge in [-0.05, 0) is 20.9 Å². The van der Waals surface area contributed by atoms with Gasteiger partial charge in [-0.2, -0.15) is 0 Å². The molecule has 0 aromatic carbocycles. The molecule has 19 heavy (non-hydrogen) atoms. The highest BCUT2D eigenvalue weighted by Gasteiger charge is 2.47. The molecule has 2 N–H and O–H groups in total. The second kappa shape index (κ2) is 4.90. The van der Waals surface area contributed by atoms with Gasteiger partial charge in [0.1, 0.15) is 12.1 Å². The van der Waals surface area contributed by atoms with E-state index in [1.165, 1.54) is 4.90 Å². The third-order valence-electron chi connectivity index (χ3n) is 3.82. The highest BCUT2D eigenvalue weighted by atomic mass is 16.5. The van der Waals surface area contributed by atoms with E-state index in [-0.39, 0.29) is 24.4 Å². The molecule has 2 unspecified atom stereocenters. The zero-order valence-electron chi connectivity index (χ0n) is 11.4. The van der Waals surface area contributed by atoms with Crippen molar-refractivity contribution in [2.75, 3.05) is 26.8 Å². The average molecular weight is 269 g/mol. The minimum atomic E-state index is -1.02. The molecule has 2 rings (SSSR count). The van der Waals surface area contributed by atoms with Gasteiger partial charge in [0.05, 0.1) is 19.1 Å². The van der Waals surface area contributed by atoms with Gasteiger partial charge in [0.25, 0.3) is 5.91 Å². The van der Waals surface area contributed by atoms with Crippen molar-refractivity contribution < 1.29 is 19.1 Å². The maximum absolute atomic E-state index is 12.6. The van der Waals surface area contributed by atoms with Crippen molar-refractivity contribution in [2.45, 2.75) is 25.4 Å². The number of ether oxygens (including phenoxy) is 1. The summed E-state index contributed by atoms with van der Waals surface area (Å²) in [5, 5.41) is 5.28. The summed E-state index contributed by atoms with van der Waals surface area (Å²) in [7, 11) is 1.76. The summed E-state index contributed by atoms with van der Waals surface area (Å²) in [6.07, 6.45) is 0. The first-order valence-corrected chi connectivity index (χ1v) is 6.28. The monoisotopic (exact) mass is 269 g/mol. The van der Waals surface area contributed by atoms with Crippen LogP contribution in [0.15, 0.2) is 0 Å². The Balaban J connectivity index is 2.21. The fourth-order valence-corrected chi connectivity index (χ4v) is 2.42. The summed E-state index contributed by atoms with van der Waals surface area (Å²) in [6, 6.07) is -0.0802. The Morgan fingerprint density at radius 2 is 2.11 bits per heavy atom. The zero-order chi connectivity index (χ0) is 14.2. The minimum Gasteiger partial charge on any atom is -0.379 e. The normalized spacial score (nSPS) is 30.4. The van der Waals surface area contributed by atoms with Crippen LogP contribution in [-0.4, -0.2) is 61.0 Å². The van der Waals surface area contributed by atoms with Gasteiger partial charge in [0, 0.05) is 6.04 Å². The average Bonchev–Trinajstić information content (AvgIpc) is 2.81. The molecule has 2 aliphatic rings. The van der Waals surface area contributed by atoms with Crippen LogP contribution in [0.3, 0.4) is 0 Å². The Hall–Kier alpha value is -1.47. The van der Waals surface area contributed by atoms with E-state index in [0.29, 0.717) is 13.2 Å². The molecule has 0 aliphatic carbocycles. The van der Waals surface area contributed by atoms with Crippen LogP contribution in [0, 0.1) is 5.92 Å². The summed E-state index contributed by atoms with van der Waals surface area (Å²) in [6.45, 7) is 3.95. The van der Waals surface area contributed by atoms with Crippen LogP contribution in [0.1, 0.15) is 13.8 Å². The second-order valence-corrected chi connectivity index (χ2v) is 5.40. The fourth-order valence-electron chi connectivity index (χ4n) is 2.42. The molecule has 0 saturated carbocycles. The van der Waals surface area contributed by atoms with E-state index in [1.54, 1.807) is 20.9 Å². The van der Waals surface area contributed by atoms with Crippen molar-refractivity contribution in [1.29, 1.82) is 0 Å². The van der Waals surface area contributed by atoms with Gasteiger partial charge in [-0.3, -0.25) is 19.7 Å². The number of likely N-dealkylation sites (N-methyl/N-ethyl adjacent to an activating group) is 1. The summed E-state index contributed by atoms with van der Waals surface area (Å²) in [4.78, 5) is 37.2. The Bertz CT molecular complexity index is 421. The first kappa shape index (κ1) is 14.0. The first-order chi connectivity index (χ1) is 8.87. The molecule has 0 bridgehead atoms. The van der Waals surface area contributed by atoms with Crippen molar-refractivity contribution >= 4 is 17.7 Å². The highest BCUT2D eigenvalue weighted by Crippen LogP contribution is 2.24. The van der Waals surface area contributed by atoms with E-state index in [4.69, 9.17) is 4.74 Å². The van der Waals surface area contributed by atoms with Crippen molar-refractivity contribution in [3.63, 3.8) is 0 Å². The minimum absolute atomic E-state index is 0.0802. The van der Waals surface area contributed by atoms with Gasteiger partial charge in [0.15, 0.2) is 0 Å². The maximum atomic E-state index is 12.6. The van der Waals surface area contributed by atoms with Gasteiger partial charge >= 0.3 is 0 Å². The molecule has 106 valence electrons. The maximum Gasteiger partial charge on any atom is 0.252 e. The molecule has 2 saturated heterocycles. The molecule has 2 aliphatic heterocycles. The van der Waals surface area contributed by atoms with E-state index in [2.05, 4.69) is 10.6 Å². The van der Waals surface area contributed by atoms with Crippen molar-refractivity contribution in [1.82, 2.24) is 15.5 Å². The number of hydrogen-bond donors (Lipinski definition) is 2. The SMILES string of the molecule is CNC1COCC1C(=O)N1CC(=O)NC(=O)C1(C)C. The third kappa shape index (κ3) is 2.35. The quantitative estimate of drug-likeness (QED) is 0.595. The largest absolute Gasteiger partial charge is 0.379 e. The number of carbonyl (C=O) groups is 3. The smallest absolute Gasteiger partial charge is 0.252 e. The van der Waals surface area contributed by atoms with Gasteiger partial charge in [-0.1, -0.05) is 0 Å². The van der Waals surface area contributed by atoms with Crippen LogP contribution in [-0.2, 0) is 19.1 Å². The summed E-state index contributed by atoms with van der Waals surface area (Å²) in [5.41, 5.74) is -1.02. The number of rotatable bonds is 2. The van der Waals surface area contributed by atoms with Gasteiger partial charge in [0.2, 0.25) is 11.8 Å². The fraction of sp³-hybridized carbons (Fsp3) is 0.750. The number of imide groups is 1. The number of nitrogens with zero attached hydrogens (tertiary/aromatic N) is 1. The van der Waals surface area contributed by atoms with E-state index in [9.17, 15) is 14.4 Å². The number of hydrogen-bond acceptors (Lipinski definition) is 5. The highest BCUT2D eigenvalue weighted by molar-refractivity contribution is 6.06. The Morgan fingerprint density at radius 1 is 1.42 bits per heavy atom. The predicted molar refractivity (Wildman–Crippen MR) is 66.1 cm³/mol. The molecule has 7 nitrogen and oxygen atoms in total. The molecule has 3 amide bonds. The molecule has 0 spiro atoms. The lowest BCUT2D eigenvalue weighted by Crippen LogP contribution is -2.67. The molecule has 2 fully saturated rings. The van der Waals surface area contributed by atoms with Crippen LogP contribution >= 0.6 is 0 Å². The molecule has 0 aromatic rings. The van der Waals surface area contributed by atoms with Crippen LogP contribution in [0.2, 0.25) is 0 Å². The van der Waals surface area contributed by atoms with E-state index >= 15 is 0 Å². The molecule has 7 heteroatoms. The van der Waals surface area contributed by atoms with Crippen LogP contribution in [0.25, 0.3) is 0 Å². The van der Waals surface area contributed by atoms with Gasteiger partial charge in [-0.25, -0.2) is 0 Å². The number of carbonyl (C=O) groups excluding carboxylic acids is 3. The summed E-state index contributed by atoms with van der Waals surface area (Å²) >= 11 is 0. The lowest BCUT2D eigenvalue weighted by molar-refractivity contribution is -0.158. The molecule has 0 radical (unpaired) electrons. The van der Waals surface area contributed by atoms with Crippen LogP contribution < -0.4 is 10.6 Å². The number of nitrogens with one attached hydrogen (secondary N) is 2. The standard InChI is InChI=1S/C12H19N3O4/c1-12(2)11(18)14-9(16)4-15(12)10(17)7-5-19-6-8(7)13-3/h7-8,13H,4-6H2,1-3H3,(H,14,16,18). The van der Waals surface area contributed by atoms with Gasteiger partial charge < -0.3 is 15.0 Å². The van der Waals surface area contributed by atoms with Gasteiger partial charge in [-0.15, -0.1) is 0 Å². The summed E-state index contributed by atoms with van der Waals surface area (Å²) < 4.78 is 5.30. The molecular formula is C12H19N3O4. The molecule has 0 aromatic heterocycles. The predicted octanol–water partition coefficient (Wildman–Crippen LogP) is -1.52. The lowest BCUT2D eigenvalue weighted by atomic mass is 9.94. The van der Waals surface area contributed by atoms with E-state index < -0.39 is 17.4 Å². The molecule has 2 atom stereocenters. The van der Waals surface area contributed by atoms with Crippen molar-refractivity contribution in [3.8, 4) is 0 Å². The Morgan fingerprint density at radius 3 is 2.74 bits per heavy atom. The second-order valence-electron chi connectivity index (χ2n) is 5.40. The zero-order valence-corrected chi connectivity index (χ0v) is 11.4. The third-order valence-corrected chi connectivity index (χ3v) is 3.82. The first-order valence-electron chi connectivity index (χ1n) is 6.28. The number of piperazine rings is 1. The van der Waals surface area contributed by atoms with Crippen LogP contribution in [0.4, 0.5) is 0 Å².